The van der Waals surface area contributed by atoms with Gasteiger partial charge in [0.2, 0.25) is 5.91 Å². The number of benzene rings is 2. The number of nitrogens with one attached hydrogen (secondary N) is 1. The molecule has 1 amide bonds. The van der Waals surface area contributed by atoms with Gasteiger partial charge < -0.3 is 19.2 Å². The molecule has 2 aromatic carbocycles. The molecule has 2 heterocycles. The standard InChI is InChI=1S/C23H22N2O4S/c1-3-27-17-10-8-15(9-11-17)12-21(26)25-23-24-18(14-30-23)20-13-16-6-5-7-19(28-4-2)22(16)29-20/h5-11,13-14H,3-4,12H2,1-2H3,(H,24,25,26). The zero-order chi connectivity index (χ0) is 20.9. The van der Waals surface area contributed by atoms with Crippen molar-refractivity contribution in [2.75, 3.05) is 18.5 Å². The number of hydrogen-bond donors (Lipinski definition) is 1. The van der Waals surface area contributed by atoms with E-state index in [0.29, 0.717) is 41.1 Å². The van der Waals surface area contributed by atoms with Crippen LogP contribution >= 0.6 is 11.3 Å². The number of amides is 1. The van der Waals surface area contributed by atoms with Gasteiger partial charge in [0.25, 0.3) is 0 Å². The highest BCUT2D eigenvalue weighted by atomic mass is 32.1. The van der Waals surface area contributed by atoms with Crippen LogP contribution in [0.1, 0.15) is 19.4 Å². The van der Waals surface area contributed by atoms with Crippen LogP contribution in [0.3, 0.4) is 0 Å². The van der Waals surface area contributed by atoms with Crippen molar-refractivity contribution in [1.29, 1.82) is 0 Å². The van der Waals surface area contributed by atoms with Gasteiger partial charge in [-0.2, -0.15) is 0 Å². The quantitative estimate of drug-likeness (QED) is 0.404. The van der Waals surface area contributed by atoms with Gasteiger partial charge in [0.1, 0.15) is 11.4 Å². The smallest absolute Gasteiger partial charge is 0.230 e. The Morgan fingerprint density at radius 3 is 2.67 bits per heavy atom. The molecule has 0 aliphatic heterocycles. The summed E-state index contributed by atoms with van der Waals surface area (Å²) in [6, 6.07) is 15.2. The number of thiazole rings is 1. The van der Waals surface area contributed by atoms with E-state index < -0.39 is 0 Å². The lowest BCUT2D eigenvalue weighted by Gasteiger charge is -2.05. The Morgan fingerprint density at radius 1 is 1.10 bits per heavy atom. The summed E-state index contributed by atoms with van der Waals surface area (Å²) in [5.74, 6) is 2.02. The van der Waals surface area contributed by atoms with Crippen molar-refractivity contribution >= 4 is 33.3 Å². The summed E-state index contributed by atoms with van der Waals surface area (Å²) < 4.78 is 17.0. The summed E-state index contributed by atoms with van der Waals surface area (Å²) in [5, 5.41) is 6.21. The summed E-state index contributed by atoms with van der Waals surface area (Å²) in [7, 11) is 0. The van der Waals surface area contributed by atoms with Crippen molar-refractivity contribution in [2.24, 2.45) is 0 Å². The van der Waals surface area contributed by atoms with Crippen LogP contribution in [0.4, 0.5) is 5.13 Å². The Morgan fingerprint density at radius 2 is 1.90 bits per heavy atom. The third-order valence-corrected chi connectivity index (χ3v) is 5.17. The van der Waals surface area contributed by atoms with Crippen LogP contribution in [0.15, 0.2) is 58.3 Å². The zero-order valence-corrected chi connectivity index (χ0v) is 17.6. The fourth-order valence-corrected chi connectivity index (χ4v) is 3.81. The van der Waals surface area contributed by atoms with Crippen molar-refractivity contribution in [3.8, 4) is 23.0 Å². The predicted octanol–water partition coefficient (Wildman–Crippen LogP) is 5.53. The Bertz CT molecular complexity index is 1150. The topological polar surface area (TPSA) is 73.6 Å². The third kappa shape index (κ3) is 4.46. The van der Waals surface area contributed by atoms with Gasteiger partial charge in [0.15, 0.2) is 22.2 Å². The summed E-state index contributed by atoms with van der Waals surface area (Å²) >= 11 is 1.36. The molecule has 0 saturated heterocycles. The maximum Gasteiger partial charge on any atom is 0.230 e. The first kappa shape index (κ1) is 20.0. The Hall–Kier alpha value is -3.32. The summed E-state index contributed by atoms with van der Waals surface area (Å²) in [6.07, 6.45) is 0.268. The highest BCUT2D eigenvalue weighted by molar-refractivity contribution is 7.14. The molecule has 0 fully saturated rings. The largest absolute Gasteiger partial charge is 0.494 e. The minimum absolute atomic E-state index is 0.122. The highest BCUT2D eigenvalue weighted by Gasteiger charge is 2.14. The molecule has 1 N–H and O–H groups in total. The second-order valence-electron chi connectivity index (χ2n) is 6.56. The SMILES string of the molecule is CCOc1ccc(CC(=O)Nc2nc(-c3cc4cccc(OCC)c4o3)cs2)cc1. The second-order valence-corrected chi connectivity index (χ2v) is 7.42. The van der Waals surface area contributed by atoms with Gasteiger partial charge in [-0.15, -0.1) is 11.3 Å². The molecule has 4 rings (SSSR count). The molecule has 0 bridgehead atoms. The number of carbonyl (C=O) groups excluding carboxylic acids is 1. The van der Waals surface area contributed by atoms with E-state index in [1.165, 1.54) is 11.3 Å². The first-order chi connectivity index (χ1) is 14.7. The number of fused-ring (bicyclic) bond motifs is 1. The molecule has 154 valence electrons. The molecule has 0 spiro atoms. The number of nitrogens with zero attached hydrogens (tertiary/aromatic N) is 1. The first-order valence-corrected chi connectivity index (χ1v) is 10.7. The maximum atomic E-state index is 12.4. The lowest BCUT2D eigenvalue weighted by atomic mass is 10.1. The van der Waals surface area contributed by atoms with E-state index in [2.05, 4.69) is 10.3 Å². The predicted molar refractivity (Wildman–Crippen MR) is 118 cm³/mol. The van der Waals surface area contributed by atoms with E-state index in [-0.39, 0.29) is 12.3 Å². The summed E-state index contributed by atoms with van der Waals surface area (Å²) in [6.45, 7) is 5.05. The summed E-state index contributed by atoms with van der Waals surface area (Å²) in [5.41, 5.74) is 2.28. The van der Waals surface area contributed by atoms with Crippen molar-refractivity contribution in [3.05, 3.63) is 59.5 Å². The van der Waals surface area contributed by atoms with E-state index in [1.54, 1.807) is 0 Å². The summed E-state index contributed by atoms with van der Waals surface area (Å²) in [4.78, 5) is 16.9. The van der Waals surface area contributed by atoms with Crippen molar-refractivity contribution in [3.63, 3.8) is 0 Å². The van der Waals surface area contributed by atoms with Gasteiger partial charge in [-0.05, 0) is 43.7 Å². The van der Waals surface area contributed by atoms with Gasteiger partial charge in [-0.1, -0.05) is 24.3 Å². The molecule has 0 saturated carbocycles. The molecule has 0 aliphatic carbocycles. The normalized spacial score (nSPS) is 10.9. The fraction of sp³-hybridized carbons (Fsp3) is 0.217. The number of para-hydroxylation sites is 1. The molecule has 0 atom stereocenters. The number of anilines is 1. The minimum atomic E-state index is -0.122. The van der Waals surface area contributed by atoms with Gasteiger partial charge >= 0.3 is 0 Å². The van der Waals surface area contributed by atoms with Crippen LogP contribution in [0.5, 0.6) is 11.5 Å². The van der Waals surface area contributed by atoms with Crippen LogP contribution < -0.4 is 14.8 Å². The fourth-order valence-electron chi connectivity index (χ4n) is 3.10. The average Bonchev–Trinajstić information content (AvgIpc) is 3.37. The van der Waals surface area contributed by atoms with E-state index in [4.69, 9.17) is 13.9 Å². The first-order valence-electron chi connectivity index (χ1n) is 9.79. The van der Waals surface area contributed by atoms with Gasteiger partial charge in [-0.3, -0.25) is 4.79 Å². The number of carbonyl (C=O) groups is 1. The van der Waals surface area contributed by atoms with Gasteiger partial charge in [0.05, 0.1) is 19.6 Å². The van der Waals surface area contributed by atoms with Crippen LogP contribution in [-0.4, -0.2) is 24.1 Å². The highest BCUT2D eigenvalue weighted by Crippen LogP contribution is 2.34. The Balaban J connectivity index is 1.44. The molecular weight excluding hydrogens is 400 g/mol. The molecule has 30 heavy (non-hydrogen) atoms. The van der Waals surface area contributed by atoms with E-state index >= 15 is 0 Å². The molecule has 7 heteroatoms. The number of rotatable bonds is 8. The maximum absolute atomic E-state index is 12.4. The molecular formula is C23H22N2O4S. The Kier molecular flexibility index (Phi) is 5.99. The molecule has 0 unspecified atom stereocenters. The number of ether oxygens (including phenoxy) is 2. The van der Waals surface area contributed by atoms with E-state index in [0.717, 1.165) is 16.7 Å². The van der Waals surface area contributed by atoms with Crippen LogP contribution in [0.2, 0.25) is 0 Å². The molecule has 6 nitrogen and oxygen atoms in total. The second kappa shape index (κ2) is 9.00. The van der Waals surface area contributed by atoms with Gasteiger partial charge in [0, 0.05) is 10.8 Å². The van der Waals surface area contributed by atoms with E-state index in [1.807, 2.05) is 67.8 Å². The molecule has 0 aliphatic rings. The van der Waals surface area contributed by atoms with Crippen LogP contribution in [-0.2, 0) is 11.2 Å². The molecule has 4 aromatic rings. The third-order valence-electron chi connectivity index (χ3n) is 4.41. The monoisotopic (exact) mass is 422 g/mol. The van der Waals surface area contributed by atoms with E-state index in [9.17, 15) is 4.79 Å². The zero-order valence-electron chi connectivity index (χ0n) is 16.8. The lowest BCUT2D eigenvalue weighted by Crippen LogP contribution is -2.14. The Labute approximate surface area is 178 Å². The van der Waals surface area contributed by atoms with Gasteiger partial charge in [-0.25, -0.2) is 4.98 Å². The molecule has 2 aromatic heterocycles. The average molecular weight is 423 g/mol. The number of aromatic nitrogens is 1. The number of furan rings is 1. The van der Waals surface area contributed by atoms with Crippen molar-refractivity contribution in [1.82, 2.24) is 4.98 Å². The minimum Gasteiger partial charge on any atom is -0.494 e. The van der Waals surface area contributed by atoms with Crippen molar-refractivity contribution < 1.29 is 18.7 Å². The van der Waals surface area contributed by atoms with Crippen LogP contribution in [0.25, 0.3) is 22.4 Å². The lowest BCUT2D eigenvalue weighted by molar-refractivity contribution is -0.115. The van der Waals surface area contributed by atoms with Crippen molar-refractivity contribution in [2.45, 2.75) is 20.3 Å². The molecule has 0 radical (unpaired) electrons. The number of hydrogen-bond acceptors (Lipinski definition) is 6. The van der Waals surface area contributed by atoms with Crippen LogP contribution in [0, 0.1) is 0 Å².